The molecule has 9 heteroatoms. The molecular formula is C18H23N3O5S. The van der Waals surface area contributed by atoms with Crippen molar-refractivity contribution in [1.82, 2.24) is 14.5 Å². The van der Waals surface area contributed by atoms with E-state index in [0.29, 0.717) is 13.1 Å². The quantitative estimate of drug-likeness (QED) is 0.713. The fraction of sp³-hybridized carbons (Fsp3) is 0.500. The maximum Gasteiger partial charge on any atom is 0.261 e. The van der Waals surface area contributed by atoms with Crippen LogP contribution in [-0.2, 0) is 14.8 Å². The number of likely N-dealkylation sites (tertiary alicyclic amines) is 1. The largest absolute Gasteiger partial charge is 0.341 e. The number of amides is 3. The number of benzene rings is 1. The van der Waals surface area contributed by atoms with Crippen LogP contribution in [0.5, 0.6) is 0 Å². The summed E-state index contributed by atoms with van der Waals surface area (Å²) < 4.78 is 27.0. The van der Waals surface area contributed by atoms with E-state index in [9.17, 15) is 22.8 Å². The summed E-state index contributed by atoms with van der Waals surface area (Å²) in [6.45, 7) is 2.53. The van der Waals surface area contributed by atoms with Crippen molar-refractivity contribution in [2.45, 2.75) is 32.2 Å². The predicted molar refractivity (Wildman–Crippen MR) is 98.6 cm³/mol. The molecule has 3 rings (SSSR count). The average molecular weight is 393 g/mol. The number of nitrogens with one attached hydrogen (secondary N) is 1. The minimum absolute atomic E-state index is 0.251. The van der Waals surface area contributed by atoms with E-state index in [1.54, 1.807) is 29.2 Å². The fourth-order valence-corrected chi connectivity index (χ4v) is 4.60. The highest BCUT2D eigenvalue weighted by molar-refractivity contribution is 7.89. The maximum atomic E-state index is 12.4. The van der Waals surface area contributed by atoms with Gasteiger partial charge in [-0.3, -0.25) is 19.3 Å². The monoisotopic (exact) mass is 393 g/mol. The molecule has 2 aliphatic rings. The Bertz CT molecular complexity index is 827. The zero-order valence-corrected chi connectivity index (χ0v) is 16.0. The number of fused-ring (bicyclic) bond motifs is 1. The number of rotatable bonds is 6. The van der Waals surface area contributed by atoms with E-state index in [4.69, 9.17) is 0 Å². The summed E-state index contributed by atoms with van der Waals surface area (Å²) in [5.74, 6) is -1.69. The van der Waals surface area contributed by atoms with E-state index in [0.717, 1.165) is 24.2 Å². The number of carbonyl (C=O) groups is 3. The Morgan fingerprint density at radius 1 is 1.07 bits per heavy atom. The summed E-state index contributed by atoms with van der Waals surface area (Å²) in [5.41, 5.74) is 0.558. The van der Waals surface area contributed by atoms with Crippen LogP contribution in [0.25, 0.3) is 0 Å². The van der Waals surface area contributed by atoms with Gasteiger partial charge in [0.2, 0.25) is 15.9 Å². The zero-order valence-electron chi connectivity index (χ0n) is 15.2. The van der Waals surface area contributed by atoms with E-state index >= 15 is 0 Å². The van der Waals surface area contributed by atoms with Crippen LogP contribution in [0, 0.1) is 0 Å². The molecule has 1 aromatic rings. The minimum atomic E-state index is -3.83. The summed E-state index contributed by atoms with van der Waals surface area (Å²) in [6, 6.07) is 5.51. The molecule has 0 aliphatic carbocycles. The van der Waals surface area contributed by atoms with Gasteiger partial charge in [-0.15, -0.1) is 0 Å². The fourth-order valence-electron chi connectivity index (χ4n) is 3.42. The van der Waals surface area contributed by atoms with Crippen LogP contribution in [0.15, 0.2) is 24.3 Å². The molecule has 2 aliphatic heterocycles. The van der Waals surface area contributed by atoms with Crippen molar-refractivity contribution in [2.24, 2.45) is 0 Å². The van der Waals surface area contributed by atoms with Crippen molar-refractivity contribution in [2.75, 3.05) is 25.4 Å². The first-order valence-corrected chi connectivity index (χ1v) is 10.7. The molecule has 0 radical (unpaired) electrons. The van der Waals surface area contributed by atoms with Crippen molar-refractivity contribution in [3.8, 4) is 0 Å². The summed E-state index contributed by atoms with van der Waals surface area (Å²) in [5, 5.41) is 0. The summed E-state index contributed by atoms with van der Waals surface area (Å²) >= 11 is 0. The molecule has 0 bridgehead atoms. The van der Waals surface area contributed by atoms with Crippen LogP contribution in [0.1, 0.15) is 46.9 Å². The van der Waals surface area contributed by atoms with Gasteiger partial charge in [-0.2, -0.15) is 0 Å². The van der Waals surface area contributed by atoms with E-state index in [1.807, 2.05) is 0 Å². The van der Waals surface area contributed by atoms with Gasteiger partial charge in [0.15, 0.2) is 0 Å². The molecule has 0 unspecified atom stereocenters. The van der Waals surface area contributed by atoms with Crippen LogP contribution >= 0.6 is 0 Å². The standard InChI is InChI=1S/C18H23N3O5S/c1-13(16(22)20-9-5-2-6-10-20)19-27(25,26)12-11-21-17(23)14-7-3-4-8-15(14)18(21)24/h3-4,7-8,13,19H,2,5-6,9-12H2,1H3/t13-/m0/s1. The van der Waals surface area contributed by atoms with Gasteiger partial charge in [0, 0.05) is 19.6 Å². The van der Waals surface area contributed by atoms with Gasteiger partial charge >= 0.3 is 0 Å². The van der Waals surface area contributed by atoms with Gasteiger partial charge in [0.05, 0.1) is 22.9 Å². The third-order valence-corrected chi connectivity index (χ3v) is 6.29. The van der Waals surface area contributed by atoms with Gasteiger partial charge in [-0.1, -0.05) is 12.1 Å². The predicted octanol–water partition coefficient (Wildman–Crippen LogP) is 0.603. The Morgan fingerprint density at radius 3 is 2.19 bits per heavy atom. The Morgan fingerprint density at radius 2 is 1.63 bits per heavy atom. The van der Waals surface area contributed by atoms with E-state index in [-0.39, 0.29) is 23.6 Å². The van der Waals surface area contributed by atoms with E-state index in [1.165, 1.54) is 6.92 Å². The number of hydrogen-bond donors (Lipinski definition) is 1. The van der Waals surface area contributed by atoms with Crippen molar-refractivity contribution in [1.29, 1.82) is 0 Å². The summed E-state index contributed by atoms with van der Waals surface area (Å²) in [7, 11) is -3.83. The zero-order chi connectivity index (χ0) is 19.6. The van der Waals surface area contributed by atoms with E-state index < -0.39 is 33.6 Å². The van der Waals surface area contributed by atoms with Crippen molar-refractivity contribution in [3.05, 3.63) is 35.4 Å². The van der Waals surface area contributed by atoms with Crippen molar-refractivity contribution < 1.29 is 22.8 Å². The van der Waals surface area contributed by atoms with Crippen molar-refractivity contribution >= 4 is 27.7 Å². The molecule has 146 valence electrons. The molecule has 1 fully saturated rings. The number of piperidine rings is 1. The lowest BCUT2D eigenvalue weighted by molar-refractivity contribution is -0.133. The minimum Gasteiger partial charge on any atom is -0.341 e. The molecule has 0 spiro atoms. The molecule has 1 saturated heterocycles. The lowest BCUT2D eigenvalue weighted by Crippen LogP contribution is -2.49. The molecule has 1 N–H and O–H groups in total. The van der Waals surface area contributed by atoms with Gasteiger partial charge in [-0.05, 0) is 38.3 Å². The molecule has 1 atom stereocenters. The molecule has 27 heavy (non-hydrogen) atoms. The van der Waals surface area contributed by atoms with Gasteiger partial charge < -0.3 is 4.90 Å². The molecule has 0 saturated carbocycles. The number of carbonyl (C=O) groups excluding carboxylic acids is 3. The van der Waals surface area contributed by atoms with E-state index in [2.05, 4.69) is 4.72 Å². The second kappa shape index (κ2) is 7.77. The molecule has 8 nitrogen and oxygen atoms in total. The Labute approximate surface area is 158 Å². The third-order valence-electron chi connectivity index (χ3n) is 4.86. The second-order valence-corrected chi connectivity index (χ2v) is 8.73. The Balaban J connectivity index is 1.58. The lowest BCUT2D eigenvalue weighted by Gasteiger charge is -2.29. The third kappa shape index (κ3) is 4.19. The second-order valence-electron chi connectivity index (χ2n) is 6.85. The molecule has 3 amide bonds. The highest BCUT2D eigenvalue weighted by Gasteiger charge is 2.36. The molecule has 2 heterocycles. The molecule has 0 aromatic heterocycles. The normalized spacial score (nSPS) is 18.6. The molecule has 1 aromatic carbocycles. The van der Waals surface area contributed by atoms with Crippen LogP contribution in [0.4, 0.5) is 0 Å². The SMILES string of the molecule is C[C@H](NS(=O)(=O)CCN1C(=O)c2ccccc2C1=O)C(=O)N1CCCCC1. The first-order chi connectivity index (χ1) is 12.8. The van der Waals surface area contributed by atoms with Crippen LogP contribution < -0.4 is 4.72 Å². The Hall–Kier alpha value is -2.26. The number of imide groups is 1. The summed E-state index contributed by atoms with van der Waals surface area (Å²) in [4.78, 5) is 39.5. The molecular weight excluding hydrogens is 370 g/mol. The van der Waals surface area contributed by atoms with Crippen LogP contribution in [0.3, 0.4) is 0 Å². The van der Waals surface area contributed by atoms with Gasteiger partial charge in [-0.25, -0.2) is 13.1 Å². The highest BCUT2D eigenvalue weighted by atomic mass is 32.2. The van der Waals surface area contributed by atoms with Crippen LogP contribution in [-0.4, -0.2) is 67.4 Å². The van der Waals surface area contributed by atoms with Gasteiger partial charge in [0.1, 0.15) is 0 Å². The lowest BCUT2D eigenvalue weighted by atomic mass is 10.1. The number of sulfonamides is 1. The Kier molecular flexibility index (Phi) is 5.61. The van der Waals surface area contributed by atoms with Crippen molar-refractivity contribution in [3.63, 3.8) is 0 Å². The highest BCUT2D eigenvalue weighted by Crippen LogP contribution is 2.22. The van der Waals surface area contributed by atoms with Crippen LogP contribution in [0.2, 0.25) is 0 Å². The average Bonchev–Trinajstić information content (AvgIpc) is 2.90. The number of hydrogen-bond acceptors (Lipinski definition) is 5. The topological polar surface area (TPSA) is 104 Å². The first kappa shape index (κ1) is 19.5. The van der Waals surface area contributed by atoms with Gasteiger partial charge in [0.25, 0.3) is 11.8 Å². The maximum absolute atomic E-state index is 12.4. The number of nitrogens with zero attached hydrogens (tertiary/aromatic N) is 2. The summed E-state index contributed by atoms with van der Waals surface area (Å²) in [6.07, 6.45) is 2.92. The first-order valence-electron chi connectivity index (χ1n) is 9.04. The smallest absolute Gasteiger partial charge is 0.261 e.